The molecule has 0 N–H and O–H groups in total. The van der Waals surface area contributed by atoms with Gasteiger partial charge in [-0.1, -0.05) is 0 Å². The average molecular weight is 398 g/mol. The molecular formula is C22H23FN2O4. The molecule has 6 nitrogen and oxygen atoms in total. The molecule has 2 aromatic carbocycles. The molecule has 0 aliphatic carbocycles. The summed E-state index contributed by atoms with van der Waals surface area (Å²) >= 11 is 0. The molecule has 0 saturated carbocycles. The van der Waals surface area contributed by atoms with E-state index >= 15 is 0 Å². The standard InChI is InChI=1S/C22H23FN2O4/c1-27-20-11-17(23)6-7-18(20)22(26)25-9-3-4-16(13-25)14-29-19-8-5-15(12-24)10-21(19)28-2/h5-8,10-11,16H,3-4,9,13-14H2,1-2H3. The quantitative estimate of drug-likeness (QED) is 0.743. The molecule has 152 valence electrons. The van der Waals surface area contributed by atoms with Crippen LogP contribution in [0, 0.1) is 23.1 Å². The summed E-state index contributed by atoms with van der Waals surface area (Å²) in [6.07, 6.45) is 1.79. The van der Waals surface area contributed by atoms with Crippen molar-refractivity contribution in [1.29, 1.82) is 5.26 Å². The lowest BCUT2D eigenvalue weighted by molar-refractivity contribution is 0.0628. The van der Waals surface area contributed by atoms with Crippen LogP contribution in [-0.2, 0) is 0 Å². The van der Waals surface area contributed by atoms with Crippen molar-refractivity contribution in [3.8, 4) is 23.3 Å². The summed E-state index contributed by atoms with van der Waals surface area (Å²) in [5.41, 5.74) is 0.848. The fourth-order valence-corrected chi connectivity index (χ4v) is 3.46. The Morgan fingerprint density at radius 3 is 2.69 bits per heavy atom. The number of hydrogen-bond donors (Lipinski definition) is 0. The second-order valence-electron chi connectivity index (χ2n) is 6.89. The Morgan fingerprint density at radius 2 is 1.97 bits per heavy atom. The van der Waals surface area contributed by atoms with Crippen LogP contribution in [0.25, 0.3) is 0 Å². The number of piperidine rings is 1. The average Bonchev–Trinajstić information content (AvgIpc) is 2.77. The largest absolute Gasteiger partial charge is 0.496 e. The molecule has 1 fully saturated rings. The van der Waals surface area contributed by atoms with Gasteiger partial charge in [-0.3, -0.25) is 4.79 Å². The first-order valence-electron chi connectivity index (χ1n) is 9.39. The van der Waals surface area contributed by atoms with Crippen LogP contribution in [0.5, 0.6) is 17.2 Å². The van der Waals surface area contributed by atoms with Gasteiger partial charge in [0, 0.05) is 31.1 Å². The van der Waals surface area contributed by atoms with Gasteiger partial charge in [0.15, 0.2) is 11.5 Å². The van der Waals surface area contributed by atoms with Gasteiger partial charge in [-0.05, 0) is 37.1 Å². The van der Waals surface area contributed by atoms with Gasteiger partial charge in [-0.2, -0.15) is 5.26 Å². The number of nitrogens with zero attached hydrogens (tertiary/aromatic N) is 2. The first kappa shape index (κ1) is 20.5. The summed E-state index contributed by atoms with van der Waals surface area (Å²) in [6.45, 7) is 1.60. The van der Waals surface area contributed by atoms with Gasteiger partial charge in [-0.25, -0.2) is 4.39 Å². The molecule has 2 aromatic rings. The van der Waals surface area contributed by atoms with E-state index in [9.17, 15) is 9.18 Å². The van der Waals surface area contributed by atoms with Gasteiger partial charge in [0.25, 0.3) is 5.91 Å². The highest BCUT2D eigenvalue weighted by atomic mass is 19.1. The topological polar surface area (TPSA) is 71.8 Å². The second kappa shape index (κ2) is 9.28. The molecule has 1 aliphatic heterocycles. The highest BCUT2D eigenvalue weighted by Crippen LogP contribution is 2.30. The van der Waals surface area contributed by atoms with E-state index in [4.69, 9.17) is 19.5 Å². The van der Waals surface area contributed by atoms with Crippen molar-refractivity contribution in [3.63, 3.8) is 0 Å². The number of carbonyl (C=O) groups excluding carboxylic acids is 1. The highest BCUT2D eigenvalue weighted by Gasteiger charge is 2.27. The van der Waals surface area contributed by atoms with Crippen LogP contribution in [0.15, 0.2) is 36.4 Å². The van der Waals surface area contributed by atoms with Gasteiger partial charge in [0.1, 0.15) is 11.6 Å². The molecule has 7 heteroatoms. The third kappa shape index (κ3) is 4.77. The normalized spacial score (nSPS) is 16.1. The van der Waals surface area contributed by atoms with Crippen LogP contribution in [0.4, 0.5) is 4.39 Å². The maximum Gasteiger partial charge on any atom is 0.257 e. The van der Waals surface area contributed by atoms with Crippen LogP contribution < -0.4 is 14.2 Å². The van der Waals surface area contributed by atoms with Crippen LogP contribution in [0.3, 0.4) is 0 Å². The zero-order chi connectivity index (χ0) is 20.8. The summed E-state index contributed by atoms with van der Waals surface area (Å²) in [7, 11) is 2.95. The minimum atomic E-state index is -0.445. The number of carbonyl (C=O) groups is 1. The van der Waals surface area contributed by atoms with E-state index in [-0.39, 0.29) is 17.6 Å². The van der Waals surface area contributed by atoms with Crippen LogP contribution in [0.1, 0.15) is 28.8 Å². The summed E-state index contributed by atoms with van der Waals surface area (Å²) in [5.74, 6) is 0.830. The van der Waals surface area contributed by atoms with Crippen LogP contribution in [-0.4, -0.2) is 44.7 Å². The number of benzene rings is 2. The number of amides is 1. The zero-order valence-electron chi connectivity index (χ0n) is 16.5. The van der Waals surface area contributed by atoms with E-state index in [1.54, 1.807) is 23.1 Å². The number of nitriles is 1. The Bertz CT molecular complexity index is 926. The molecule has 1 heterocycles. The molecule has 1 atom stereocenters. The SMILES string of the molecule is COc1cc(C#N)ccc1OCC1CCCN(C(=O)c2ccc(F)cc2OC)C1. The second-order valence-corrected chi connectivity index (χ2v) is 6.89. The monoisotopic (exact) mass is 398 g/mol. The molecule has 1 saturated heterocycles. The van der Waals surface area contributed by atoms with Crippen molar-refractivity contribution in [2.45, 2.75) is 12.8 Å². The maximum atomic E-state index is 13.4. The first-order valence-corrected chi connectivity index (χ1v) is 9.39. The highest BCUT2D eigenvalue weighted by molar-refractivity contribution is 5.97. The van der Waals surface area contributed by atoms with E-state index < -0.39 is 5.82 Å². The first-order chi connectivity index (χ1) is 14.0. The van der Waals surface area contributed by atoms with Crippen molar-refractivity contribution < 1.29 is 23.4 Å². The number of rotatable bonds is 6. The lowest BCUT2D eigenvalue weighted by atomic mass is 9.98. The number of ether oxygens (including phenoxy) is 3. The minimum absolute atomic E-state index is 0.152. The van der Waals surface area contributed by atoms with E-state index in [1.165, 1.54) is 32.4 Å². The zero-order valence-corrected chi connectivity index (χ0v) is 16.5. The molecule has 1 amide bonds. The molecular weight excluding hydrogens is 375 g/mol. The minimum Gasteiger partial charge on any atom is -0.496 e. The Balaban J connectivity index is 1.66. The number of likely N-dealkylation sites (tertiary alicyclic amines) is 1. The fraction of sp³-hybridized carbons (Fsp3) is 0.364. The van der Waals surface area contributed by atoms with Crippen LogP contribution >= 0.6 is 0 Å². The van der Waals surface area contributed by atoms with Crippen LogP contribution in [0.2, 0.25) is 0 Å². The smallest absolute Gasteiger partial charge is 0.257 e. The molecule has 0 aromatic heterocycles. The van der Waals surface area contributed by atoms with Crippen molar-refractivity contribution in [3.05, 3.63) is 53.3 Å². The molecule has 0 bridgehead atoms. The summed E-state index contributed by atoms with van der Waals surface area (Å²) in [4.78, 5) is 14.7. The predicted molar refractivity (Wildman–Crippen MR) is 105 cm³/mol. The molecule has 0 radical (unpaired) electrons. The number of halogens is 1. The van der Waals surface area contributed by atoms with Crippen molar-refractivity contribution >= 4 is 5.91 Å². The van der Waals surface area contributed by atoms with Gasteiger partial charge in [0.05, 0.1) is 38.0 Å². The van der Waals surface area contributed by atoms with E-state index in [1.807, 2.05) is 0 Å². The third-order valence-corrected chi connectivity index (χ3v) is 4.97. The fourth-order valence-electron chi connectivity index (χ4n) is 3.46. The Hall–Kier alpha value is -3.27. The van der Waals surface area contributed by atoms with Crippen molar-refractivity contribution in [2.75, 3.05) is 33.9 Å². The maximum absolute atomic E-state index is 13.4. The lowest BCUT2D eigenvalue weighted by Gasteiger charge is -2.33. The lowest BCUT2D eigenvalue weighted by Crippen LogP contribution is -2.41. The summed E-state index contributed by atoms with van der Waals surface area (Å²) < 4.78 is 29.8. The van der Waals surface area contributed by atoms with E-state index in [2.05, 4.69) is 6.07 Å². The Labute approximate surface area is 169 Å². The molecule has 29 heavy (non-hydrogen) atoms. The molecule has 3 rings (SSSR count). The molecule has 1 aliphatic rings. The third-order valence-electron chi connectivity index (χ3n) is 4.97. The van der Waals surface area contributed by atoms with Gasteiger partial charge in [0.2, 0.25) is 0 Å². The molecule has 0 spiro atoms. The van der Waals surface area contributed by atoms with Gasteiger partial charge >= 0.3 is 0 Å². The predicted octanol–water partition coefficient (Wildman–Crippen LogP) is 3.65. The van der Waals surface area contributed by atoms with E-state index in [0.29, 0.717) is 42.3 Å². The van der Waals surface area contributed by atoms with Crippen molar-refractivity contribution in [1.82, 2.24) is 4.90 Å². The van der Waals surface area contributed by atoms with E-state index in [0.717, 1.165) is 12.8 Å². The van der Waals surface area contributed by atoms with Gasteiger partial charge < -0.3 is 19.1 Å². The summed E-state index contributed by atoms with van der Waals surface area (Å²) in [5, 5.41) is 9.00. The van der Waals surface area contributed by atoms with Crippen molar-refractivity contribution in [2.24, 2.45) is 5.92 Å². The molecule has 1 unspecified atom stereocenters. The Kier molecular flexibility index (Phi) is 6.55. The summed E-state index contributed by atoms with van der Waals surface area (Å²) in [6, 6.07) is 11.0. The van der Waals surface area contributed by atoms with Gasteiger partial charge in [-0.15, -0.1) is 0 Å². The Morgan fingerprint density at radius 1 is 1.17 bits per heavy atom. The number of hydrogen-bond acceptors (Lipinski definition) is 5. The number of methoxy groups -OCH3 is 2.